The van der Waals surface area contributed by atoms with Crippen LogP contribution in [0.25, 0.3) is 0 Å². The molecule has 5 heteroatoms. The summed E-state index contributed by atoms with van der Waals surface area (Å²) in [4.78, 5) is 13.7. The number of nitrogens with zero attached hydrogens (tertiary/aromatic N) is 1. The Morgan fingerprint density at radius 2 is 1.68 bits per heavy atom. The largest absolute Gasteiger partial charge is 0.444 e. The molecule has 0 atom stereocenters. The van der Waals surface area contributed by atoms with Crippen LogP contribution in [0.5, 0.6) is 0 Å². The van der Waals surface area contributed by atoms with Gasteiger partial charge in [0.1, 0.15) is 11.4 Å². The highest BCUT2D eigenvalue weighted by atomic mass is 19.1. The first-order valence-corrected chi connectivity index (χ1v) is 8.25. The molecule has 0 radical (unpaired) electrons. The molecule has 0 aliphatic rings. The average Bonchev–Trinajstić information content (AvgIpc) is 2.53. The number of carbonyl (C=O) groups is 1. The van der Waals surface area contributed by atoms with Crippen molar-refractivity contribution in [3.05, 3.63) is 65.5 Å². The Balaban J connectivity index is 2.05. The number of carbonyl (C=O) groups excluding carboxylic acids is 1. The van der Waals surface area contributed by atoms with Gasteiger partial charge in [-0.05, 0) is 38.5 Å². The van der Waals surface area contributed by atoms with E-state index >= 15 is 0 Å². The maximum atomic E-state index is 13.8. The Labute approximate surface area is 148 Å². The van der Waals surface area contributed by atoms with Crippen LogP contribution < -0.4 is 5.32 Å². The Morgan fingerprint density at radius 1 is 1.08 bits per heavy atom. The van der Waals surface area contributed by atoms with Gasteiger partial charge < -0.3 is 15.0 Å². The molecule has 0 bridgehead atoms. The number of amides is 1. The van der Waals surface area contributed by atoms with Crippen molar-refractivity contribution in [3.8, 4) is 0 Å². The summed E-state index contributed by atoms with van der Waals surface area (Å²) in [5, 5.41) is 3.24. The zero-order chi connectivity index (χ0) is 18.4. The molecular weight excluding hydrogens is 319 g/mol. The highest BCUT2D eigenvalue weighted by Crippen LogP contribution is 2.19. The third-order valence-corrected chi connectivity index (χ3v) is 3.56. The van der Waals surface area contributed by atoms with Gasteiger partial charge in [0.2, 0.25) is 0 Å². The van der Waals surface area contributed by atoms with E-state index in [4.69, 9.17) is 4.74 Å². The highest BCUT2D eigenvalue weighted by molar-refractivity contribution is 5.68. The second-order valence-electron chi connectivity index (χ2n) is 6.94. The van der Waals surface area contributed by atoms with Crippen molar-refractivity contribution in [2.75, 3.05) is 12.4 Å². The van der Waals surface area contributed by atoms with Crippen molar-refractivity contribution in [3.63, 3.8) is 0 Å². The van der Waals surface area contributed by atoms with Crippen molar-refractivity contribution in [1.29, 1.82) is 0 Å². The van der Waals surface area contributed by atoms with Crippen LogP contribution in [0.4, 0.5) is 14.9 Å². The molecule has 0 unspecified atom stereocenters. The molecule has 134 valence electrons. The van der Waals surface area contributed by atoms with E-state index in [0.717, 1.165) is 11.3 Å². The molecule has 0 aliphatic heterocycles. The molecule has 2 aromatic carbocycles. The highest BCUT2D eigenvalue weighted by Gasteiger charge is 2.20. The number of hydrogen-bond donors (Lipinski definition) is 1. The fourth-order valence-corrected chi connectivity index (χ4v) is 2.32. The maximum Gasteiger partial charge on any atom is 0.410 e. The summed E-state index contributed by atoms with van der Waals surface area (Å²) in [6.07, 6.45) is -0.378. The van der Waals surface area contributed by atoms with E-state index in [-0.39, 0.29) is 11.9 Å². The first-order valence-electron chi connectivity index (χ1n) is 8.25. The first-order chi connectivity index (χ1) is 11.8. The monoisotopic (exact) mass is 344 g/mol. The summed E-state index contributed by atoms with van der Waals surface area (Å²) in [7, 11) is 1.70. The third-order valence-electron chi connectivity index (χ3n) is 3.56. The van der Waals surface area contributed by atoms with E-state index in [2.05, 4.69) is 5.32 Å². The lowest BCUT2D eigenvalue weighted by molar-refractivity contribution is 0.0285. The SMILES string of the molecule is CN(Cc1ccccc1NCc1ccccc1F)C(=O)OC(C)(C)C. The van der Waals surface area contributed by atoms with Gasteiger partial charge in [-0.2, -0.15) is 0 Å². The van der Waals surface area contributed by atoms with E-state index in [1.54, 1.807) is 19.2 Å². The van der Waals surface area contributed by atoms with E-state index in [1.165, 1.54) is 11.0 Å². The number of ether oxygens (including phenoxy) is 1. The number of benzene rings is 2. The molecule has 0 heterocycles. The van der Waals surface area contributed by atoms with Crippen LogP contribution in [0.3, 0.4) is 0 Å². The summed E-state index contributed by atoms with van der Waals surface area (Å²) in [5.41, 5.74) is 1.86. The molecule has 0 fully saturated rings. The third kappa shape index (κ3) is 5.78. The molecule has 25 heavy (non-hydrogen) atoms. The van der Waals surface area contributed by atoms with Gasteiger partial charge in [0, 0.05) is 24.8 Å². The Hall–Kier alpha value is -2.56. The standard InChI is InChI=1S/C20H25FN2O2/c1-20(2,3)25-19(24)23(4)14-16-10-6-8-12-18(16)22-13-15-9-5-7-11-17(15)21/h5-12,22H,13-14H2,1-4H3. The van der Waals surface area contributed by atoms with Crippen LogP contribution in [-0.4, -0.2) is 23.6 Å². The first kappa shape index (κ1) is 18.8. The van der Waals surface area contributed by atoms with Crippen LogP contribution >= 0.6 is 0 Å². The summed E-state index contributed by atoms with van der Waals surface area (Å²) >= 11 is 0. The van der Waals surface area contributed by atoms with Gasteiger partial charge in [0.05, 0.1) is 6.54 Å². The van der Waals surface area contributed by atoms with E-state index in [1.807, 2.05) is 51.1 Å². The van der Waals surface area contributed by atoms with Gasteiger partial charge >= 0.3 is 6.09 Å². The number of rotatable bonds is 5. The van der Waals surface area contributed by atoms with Crippen molar-refractivity contribution in [2.45, 2.75) is 39.5 Å². The Morgan fingerprint density at radius 3 is 2.32 bits per heavy atom. The Bertz CT molecular complexity index is 726. The molecule has 0 saturated carbocycles. The summed E-state index contributed by atoms with van der Waals surface area (Å²) in [6, 6.07) is 14.3. The van der Waals surface area contributed by atoms with E-state index in [9.17, 15) is 9.18 Å². The topological polar surface area (TPSA) is 41.6 Å². The van der Waals surface area contributed by atoms with E-state index in [0.29, 0.717) is 18.7 Å². The van der Waals surface area contributed by atoms with Gasteiger partial charge in [0.25, 0.3) is 0 Å². The molecule has 1 amide bonds. The van der Waals surface area contributed by atoms with Gasteiger partial charge in [-0.15, -0.1) is 0 Å². The molecule has 2 rings (SSSR count). The lowest BCUT2D eigenvalue weighted by Gasteiger charge is -2.25. The van der Waals surface area contributed by atoms with Crippen molar-refractivity contribution in [1.82, 2.24) is 4.90 Å². The van der Waals surface area contributed by atoms with E-state index < -0.39 is 5.60 Å². The second kappa shape index (κ2) is 8.01. The van der Waals surface area contributed by atoms with Crippen LogP contribution in [0, 0.1) is 5.82 Å². The van der Waals surface area contributed by atoms with Gasteiger partial charge in [-0.3, -0.25) is 0 Å². The quantitative estimate of drug-likeness (QED) is 0.847. The number of nitrogens with one attached hydrogen (secondary N) is 1. The molecule has 0 saturated heterocycles. The fraction of sp³-hybridized carbons (Fsp3) is 0.350. The van der Waals surface area contributed by atoms with Gasteiger partial charge in [-0.1, -0.05) is 36.4 Å². The zero-order valence-electron chi connectivity index (χ0n) is 15.2. The Kier molecular flexibility index (Phi) is 6.02. The van der Waals surface area contributed by atoms with Crippen molar-refractivity contribution in [2.24, 2.45) is 0 Å². The second-order valence-corrected chi connectivity index (χ2v) is 6.94. The number of halogens is 1. The smallest absolute Gasteiger partial charge is 0.410 e. The predicted molar refractivity (Wildman–Crippen MR) is 97.9 cm³/mol. The summed E-state index contributed by atoms with van der Waals surface area (Å²) in [6.45, 7) is 6.28. The van der Waals surface area contributed by atoms with Crippen LogP contribution in [0.2, 0.25) is 0 Å². The molecule has 0 spiro atoms. The summed E-state index contributed by atoms with van der Waals surface area (Å²) < 4.78 is 19.1. The minimum absolute atomic E-state index is 0.238. The predicted octanol–water partition coefficient (Wildman–Crippen LogP) is 4.80. The van der Waals surface area contributed by atoms with Gasteiger partial charge in [-0.25, -0.2) is 9.18 Å². The van der Waals surface area contributed by atoms with Crippen LogP contribution in [0.1, 0.15) is 31.9 Å². The van der Waals surface area contributed by atoms with Crippen molar-refractivity contribution >= 4 is 11.8 Å². The minimum Gasteiger partial charge on any atom is -0.444 e. The zero-order valence-corrected chi connectivity index (χ0v) is 15.2. The van der Waals surface area contributed by atoms with Crippen LogP contribution in [0.15, 0.2) is 48.5 Å². The van der Waals surface area contributed by atoms with Crippen molar-refractivity contribution < 1.29 is 13.9 Å². The number of anilines is 1. The molecule has 4 nitrogen and oxygen atoms in total. The normalized spacial score (nSPS) is 11.1. The molecule has 0 aromatic heterocycles. The van der Waals surface area contributed by atoms with Gasteiger partial charge in [0.15, 0.2) is 0 Å². The summed E-state index contributed by atoms with van der Waals surface area (Å²) in [5.74, 6) is -0.238. The molecular formula is C20H25FN2O2. The average molecular weight is 344 g/mol. The lowest BCUT2D eigenvalue weighted by Crippen LogP contribution is -2.34. The minimum atomic E-state index is -0.534. The fourth-order valence-electron chi connectivity index (χ4n) is 2.32. The molecule has 1 N–H and O–H groups in total. The van der Waals surface area contributed by atoms with Crippen LogP contribution in [-0.2, 0) is 17.8 Å². The molecule has 2 aromatic rings. The lowest BCUT2D eigenvalue weighted by atomic mass is 10.1. The number of hydrogen-bond acceptors (Lipinski definition) is 3. The molecule has 0 aliphatic carbocycles. The maximum absolute atomic E-state index is 13.8. The number of para-hydroxylation sites is 1.